The fraction of sp³-hybridized carbons (Fsp3) is 0.413. The summed E-state index contributed by atoms with van der Waals surface area (Å²) in [7, 11) is 0. The Bertz CT molecular complexity index is 4390. The Morgan fingerprint density at radius 2 is 0.971 bits per heavy atom. The van der Waals surface area contributed by atoms with Gasteiger partial charge in [-0.1, -0.05) is 120 Å². The molecule has 532 valence electrons. The molecule has 6 aromatic heterocycles. The number of aryl methyl sites for hydroxylation is 3. The number of hydrogen-bond donors (Lipinski definition) is 4. The first-order valence-corrected chi connectivity index (χ1v) is 37.9. The van der Waals surface area contributed by atoms with Gasteiger partial charge in [0, 0.05) is 63.6 Å². The average molecular weight is 1450 g/mol. The molecule has 23 nitrogen and oxygen atoms in total. The van der Waals surface area contributed by atoms with Crippen molar-refractivity contribution >= 4 is 80.8 Å². The zero-order chi connectivity index (χ0) is 71.9. The van der Waals surface area contributed by atoms with Crippen LogP contribution in [-0.2, 0) is 59.7 Å². The third-order valence-electron chi connectivity index (χ3n) is 19.1. The maximum absolute atomic E-state index is 15.4. The third kappa shape index (κ3) is 16.7. The van der Waals surface area contributed by atoms with Gasteiger partial charge in [-0.25, -0.2) is 24.9 Å². The van der Waals surface area contributed by atoms with Crippen LogP contribution in [-0.4, -0.2) is 151 Å². The number of thiazole rings is 4. The topological polar surface area (TPSA) is 290 Å². The minimum atomic E-state index is -0.973. The number of carbonyl (C=O) groups is 6. The predicted molar refractivity (Wildman–Crippen MR) is 391 cm³/mol. The monoisotopic (exact) mass is 1450 g/mol. The highest BCUT2D eigenvalue weighted by Crippen LogP contribution is 2.38. The number of nitrogens with one attached hydrogen (secondary N) is 3. The van der Waals surface area contributed by atoms with Gasteiger partial charge in [0.15, 0.2) is 5.82 Å². The maximum Gasteiger partial charge on any atom is 0.252 e. The van der Waals surface area contributed by atoms with Crippen LogP contribution >= 0.6 is 45.3 Å². The van der Waals surface area contributed by atoms with Crippen LogP contribution in [0, 0.1) is 38.5 Å². The van der Waals surface area contributed by atoms with Gasteiger partial charge in [0.25, 0.3) is 5.88 Å². The summed E-state index contributed by atoms with van der Waals surface area (Å²) in [4.78, 5) is 123. The van der Waals surface area contributed by atoms with Gasteiger partial charge in [0.1, 0.15) is 35.2 Å². The molecule has 3 aromatic carbocycles. The summed E-state index contributed by atoms with van der Waals surface area (Å²) in [6.07, 6.45) is 1.23. The minimum absolute atomic E-state index is 0.00266. The van der Waals surface area contributed by atoms with E-state index in [1.807, 2.05) is 169 Å². The number of aromatic nitrogens is 8. The molecule has 3 aliphatic heterocycles. The van der Waals surface area contributed by atoms with Gasteiger partial charge in [-0.3, -0.25) is 33.8 Å². The van der Waals surface area contributed by atoms with Crippen LogP contribution in [0.4, 0.5) is 0 Å². The van der Waals surface area contributed by atoms with Gasteiger partial charge < -0.3 is 45.2 Å². The molecule has 102 heavy (non-hydrogen) atoms. The van der Waals surface area contributed by atoms with E-state index < -0.39 is 66.0 Å². The molecule has 0 aliphatic carbocycles. The lowest BCUT2D eigenvalue weighted by Crippen LogP contribution is -2.48. The van der Waals surface area contributed by atoms with Gasteiger partial charge in [-0.05, 0) is 84.0 Å². The maximum atomic E-state index is 15.4. The molecule has 3 aliphatic rings. The van der Waals surface area contributed by atoms with E-state index in [1.165, 1.54) is 22.4 Å². The van der Waals surface area contributed by atoms with Crippen molar-refractivity contribution in [3.63, 3.8) is 0 Å². The Balaban J connectivity index is 0.724. The van der Waals surface area contributed by atoms with Crippen molar-refractivity contribution in [2.45, 2.75) is 162 Å². The number of benzene rings is 3. The van der Waals surface area contributed by atoms with E-state index in [9.17, 15) is 29.1 Å². The van der Waals surface area contributed by atoms with Crippen molar-refractivity contribution in [3.8, 4) is 37.2 Å². The fourth-order valence-corrected chi connectivity index (χ4v) is 17.2. The van der Waals surface area contributed by atoms with E-state index in [0.717, 1.165) is 65.1 Å². The first kappa shape index (κ1) is 72.7. The van der Waals surface area contributed by atoms with Gasteiger partial charge in [-0.2, -0.15) is 0 Å². The molecule has 0 bridgehead atoms. The van der Waals surface area contributed by atoms with E-state index in [4.69, 9.17) is 14.5 Å². The number of aliphatic hydroxyl groups is 1. The van der Waals surface area contributed by atoms with E-state index in [1.54, 1.807) is 56.1 Å². The van der Waals surface area contributed by atoms with Crippen LogP contribution in [0.3, 0.4) is 0 Å². The van der Waals surface area contributed by atoms with E-state index in [2.05, 4.69) is 51.1 Å². The van der Waals surface area contributed by atoms with E-state index >= 15 is 4.79 Å². The number of likely N-dealkylation sites (tertiary alicyclic amines) is 3. The molecule has 0 spiro atoms. The largest absolute Gasteiger partial charge is 0.470 e. The smallest absolute Gasteiger partial charge is 0.252 e. The molecule has 3 fully saturated rings. The van der Waals surface area contributed by atoms with Crippen LogP contribution < -0.4 is 20.7 Å². The number of rotatable bonds is 26. The van der Waals surface area contributed by atoms with Crippen LogP contribution in [0.1, 0.15) is 135 Å². The summed E-state index contributed by atoms with van der Waals surface area (Å²) in [5, 5.41) is 31.3. The molecule has 0 saturated carbocycles. The number of amides is 6. The van der Waals surface area contributed by atoms with Crippen LogP contribution in [0.5, 0.6) is 5.88 Å². The zero-order valence-electron chi connectivity index (χ0n) is 58.4. The minimum Gasteiger partial charge on any atom is -0.470 e. The van der Waals surface area contributed by atoms with Gasteiger partial charge in [-0.15, -0.1) is 55.5 Å². The Morgan fingerprint density at radius 3 is 1.41 bits per heavy atom. The molecule has 27 heteroatoms. The van der Waals surface area contributed by atoms with Crippen LogP contribution in [0.25, 0.3) is 31.3 Å². The molecular weight excluding hydrogens is 1370 g/mol. The Morgan fingerprint density at radius 1 is 0.520 bits per heavy atom. The molecule has 6 amide bonds. The predicted octanol–water partition coefficient (Wildman–Crippen LogP) is 10.4. The zero-order valence-corrected chi connectivity index (χ0v) is 61.7. The lowest BCUT2D eigenvalue weighted by molar-refractivity contribution is -0.140. The fourth-order valence-electron chi connectivity index (χ4n) is 13.7. The Hall–Kier alpha value is -9.12. The highest BCUT2D eigenvalue weighted by atomic mass is 32.1. The second kappa shape index (κ2) is 32.5. The van der Waals surface area contributed by atoms with Crippen molar-refractivity contribution in [3.05, 3.63) is 181 Å². The number of aliphatic hydroxyl groups excluding tert-OH is 1. The van der Waals surface area contributed by atoms with Gasteiger partial charge in [0.2, 0.25) is 35.4 Å². The van der Waals surface area contributed by atoms with Crippen molar-refractivity contribution in [2.75, 3.05) is 19.6 Å². The highest BCUT2D eigenvalue weighted by molar-refractivity contribution is 7.14. The average Bonchev–Trinajstić information content (AvgIpc) is 1.66. The van der Waals surface area contributed by atoms with Gasteiger partial charge in [0.05, 0.1) is 103 Å². The van der Waals surface area contributed by atoms with Crippen molar-refractivity contribution in [1.29, 1.82) is 0 Å². The number of hydrogen-bond acceptors (Lipinski definition) is 21. The molecule has 12 rings (SSSR count). The first-order chi connectivity index (χ1) is 49.2. The molecule has 9 heterocycles. The highest BCUT2D eigenvalue weighted by Gasteiger charge is 2.47. The normalized spacial score (nSPS) is 19.2. The molecular formula is C75H84N14O9S4. The summed E-state index contributed by atoms with van der Waals surface area (Å²) in [6.45, 7) is 18.2. The SMILES string of the molecule is Cc1ncsc1-c1ccc(CNC(=O)[C@@H]2C[C@@H](OCc3csc([C@H](C(=O)N4C[C@H](Oc5cnc([C@H](C(=O)N6C[C@H](O)C[C@H]6C(=O)NCc6ccc(-c7scnc7C)cc6)C(C)C)nn5)C[C@H]4C(=O)NCc4ccc(-c5scnc5C)cc4)C(C)C)n3)CN2C(=O)[C@@H](c2ccccn2)C(C)C)cc1. The van der Waals surface area contributed by atoms with E-state index in [0.29, 0.717) is 16.4 Å². The van der Waals surface area contributed by atoms with Crippen molar-refractivity contribution in [2.24, 2.45) is 17.8 Å². The Labute approximate surface area is 609 Å². The number of ether oxygens (including phenoxy) is 2. The summed E-state index contributed by atoms with van der Waals surface area (Å²) in [6, 6.07) is 26.5. The summed E-state index contributed by atoms with van der Waals surface area (Å²) in [5.41, 5.74) is 15.2. The van der Waals surface area contributed by atoms with Crippen molar-refractivity contribution in [1.82, 2.24) is 70.8 Å². The summed E-state index contributed by atoms with van der Waals surface area (Å²) < 4.78 is 13.0. The summed E-state index contributed by atoms with van der Waals surface area (Å²) >= 11 is 6.01. The van der Waals surface area contributed by atoms with Crippen LogP contribution in [0.15, 0.2) is 125 Å². The molecule has 9 aromatic rings. The standard InChI is InChI=1S/C75H84N14O9S4/c1-41(2)62(57-12-10-11-25-76-57)73(94)88-34-55(27-59(88)70(92)79-30-48-15-21-51(22-16-48)66-45(8)82-39-101-66)97-36-53-37-99-72(84-53)64(43(5)6)75(96)89-35-56(28-60(89)71(93)80-31-49-17-23-52(24-18-49)67-46(9)83-40-102-67)98-61-32-77-68(86-85-61)63(42(3)4)74(95)87-33-54(90)26-58(87)69(91)78-29-47-13-19-50(20-14-47)65-44(7)81-38-100-65/h10-25,32,37-43,54-56,58-60,62-64,90H,26-31,33-36H2,1-9H3,(H,78,91)(H,79,92)(H,80,93)/t54-,55-,56-,58+,59+,60+,62-,63-,64-/m1/s1. The molecule has 9 atom stereocenters. The lowest BCUT2D eigenvalue weighted by atomic mass is 9.90. The molecule has 0 radical (unpaired) electrons. The molecule has 4 N–H and O–H groups in total. The van der Waals surface area contributed by atoms with Crippen molar-refractivity contribution < 1.29 is 43.3 Å². The number of nitrogens with zero attached hydrogens (tertiary/aromatic N) is 11. The van der Waals surface area contributed by atoms with E-state index in [-0.39, 0.29) is 118 Å². The number of β-amino-alcohol motifs (C(OH)–C–C–N with tert-alkyl or cyclic N) is 1. The third-order valence-corrected chi connectivity index (χ3v) is 23.0. The van der Waals surface area contributed by atoms with Crippen LogP contribution in [0.2, 0.25) is 0 Å². The second-order valence-corrected chi connectivity index (χ2v) is 30.8. The van der Waals surface area contributed by atoms with Gasteiger partial charge >= 0.3 is 0 Å². The number of carbonyl (C=O) groups excluding carboxylic acids is 6. The quantitative estimate of drug-likeness (QED) is 0.0392. The molecule has 3 saturated heterocycles. The Kier molecular flexibility index (Phi) is 23.1. The summed E-state index contributed by atoms with van der Waals surface area (Å²) in [5.74, 6) is -5.00. The lowest BCUT2D eigenvalue weighted by Gasteiger charge is -2.29. The first-order valence-electron chi connectivity index (χ1n) is 34.4. The number of pyridine rings is 1. The molecule has 0 unspecified atom stereocenters. The second-order valence-electron chi connectivity index (χ2n) is 27.3.